The molecule has 0 bridgehead atoms. The Morgan fingerprint density at radius 3 is 1.88 bits per heavy atom. The van der Waals surface area contributed by atoms with E-state index in [9.17, 15) is 8.42 Å². The molecule has 0 amide bonds. The molecule has 0 aliphatic heterocycles. The minimum absolute atomic E-state index is 0.0198. The summed E-state index contributed by atoms with van der Waals surface area (Å²) in [4.78, 5) is 1.50. The van der Waals surface area contributed by atoms with Crippen molar-refractivity contribution in [2.45, 2.75) is 12.0 Å². The van der Waals surface area contributed by atoms with Crippen LogP contribution in [0.5, 0.6) is 0 Å². The molecular weight excluding hydrogens is 270 g/mol. The smallest absolute Gasteiger partial charge is 0.264 e. The summed E-state index contributed by atoms with van der Waals surface area (Å²) in [5.74, 6) is -0.514. The van der Waals surface area contributed by atoms with Crippen LogP contribution in [0.4, 0.5) is 0 Å². The Labute approximate surface area is 106 Å². The highest BCUT2D eigenvalue weighted by molar-refractivity contribution is 7.85. The third-order valence-electron chi connectivity index (χ3n) is 2.30. The molecule has 0 aromatic carbocycles. The fraction of sp³-hybridized carbons (Fsp3) is 0.714. The van der Waals surface area contributed by atoms with Crippen LogP contribution in [0.1, 0.15) is 6.42 Å². The van der Waals surface area contributed by atoms with E-state index in [1.54, 1.807) is 19.0 Å². The number of nitrogens with two attached hydrogens (primary N) is 2. The van der Waals surface area contributed by atoms with Gasteiger partial charge in [0.15, 0.2) is 0 Å². The molecule has 0 spiro atoms. The van der Waals surface area contributed by atoms with Gasteiger partial charge in [0.2, 0.25) is 0 Å². The molecule has 16 heavy (non-hydrogen) atoms. The molecule has 0 aliphatic carbocycles. The van der Waals surface area contributed by atoms with Crippen molar-refractivity contribution in [3.63, 3.8) is 0 Å². The van der Waals surface area contributed by atoms with Crippen molar-refractivity contribution in [3.05, 3.63) is 0 Å². The molecular formula is C7H15N3O3S3. The molecule has 0 saturated carbocycles. The zero-order valence-electron chi connectivity index (χ0n) is 9.00. The Balaban J connectivity index is 5.23. The SMILES string of the molecule is CN(C)C(CCS(=O)(=O)O)(C(N)=S)C(N)=S. The first-order chi connectivity index (χ1) is 7.04. The predicted molar refractivity (Wildman–Crippen MR) is 71.0 cm³/mol. The Hall–Kier alpha value is -0.350. The fourth-order valence-corrected chi connectivity index (χ4v) is 2.72. The van der Waals surface area contributed by atoms with Crippen LogP contribution in [0.3, 0.4) is 0 Å². The number of hydrogen-bond donors (Lipinski definition) is 3. The lowest BCUT2D eigenvalue weighted by molar-refractivity contribution is 0.298. The lowest BCUT2D eigenvalue weighted by atomic mass is 9.94. The maximum absolute atomic E-state index is 10.7. The minimum atomic E-state index is -4.11. The Kier molecular flexibility index (Phi) is 5.20. The summed E-state index contributed by atoms with van der Waals surface area (Å²) in [5, 5.41) is 0. The topological polar surface area (TPSA) is 110 Å². The van der Waals surface area contributed by atoms with Crippen molar-refractivity contribution in [3.8, 4) is 0 Å². The van der Waals surface area contributed by atoms with Gasteiger partial charge in [0.05, 0.1) is 5.75 Å². The zero-order valence-corrected chi connectivity index (χ0v) is 11.5. The minimum Gasteiger partial charge on any atom is -0.391 e. The molecule has 9 heteroatoms. The van der Waals surface area contributed by atoms with E-state index < -0.39 is 21.4 Å². The largest absolute Gasteiger partial charge is 0.391 e. The molecule has 0 aromatic rings. The van der Waals surface area contributed by atoms with Crippen LogP contribution < -0.4 is 11.5 Å². The highest BCUT2D eigenvalue weighted by atomic mass is 32.2. The number of hydrogen-bond acceptors (Lipinski definition) is 5. The van der Waals surface area contributed by atoms with Crippen molar-refractivity contribution in [2.24, 2.45) is 11.5 Å². The third-order valence-corrected chi connectivity index (χ3v) is 3.70. The fourth-order valence-electron chi connectivity index (χ4n) is 1.31. The first-order valence-corrected chi connectivity index (χ1v) is 6.69. The lowest BCUT2D eigenvalue weighted by Crippen LogP contribution is -2.62. The average molecular weight is 285 g/mol. The lowest BCUT2D eigenvalue weighted by Gasteiger charge is -2.37. The van der Waals surface area contributed by atoms with Gasteiger partial charge in [0, 0.05) is 0 Å². The number of thiocarbonyl (C=S) groups is 2. The summed E-state index contributed by atoms with van der Waals surface area (Å²) in [5.41, 5.74) is 9.92. The maximum atomic E-state index is 10.7. The van der Waals surface area contributed by atoms with E-state index in [0.717, 1.165) is 0 Å². The monoisotopic (exact) mass is 285 g/mol. The van der Waals surface area contributed by atoms with Crippen molar-refractivity contribution in [1.82, 2.24) is 4.90 Å². The second-order valence-corrected chi connectivity index (χ2v) is 5.97. The second kappa shape index (κ2) is 5.32. The predicted octanol–water partition coefficient (Wildman–Crippen LogP) is -0.863. The Bertz CT molecular complexity index is 377. The van der Waals surface area contributed by atoms with Crippen LogP contribution in [-0.4, -0.2) is 53.2 Å². The maximum Gasteiger partial charge on any atom is 0.264 e. The van der Waals surface area contributed by atoms with Gasteiger partial charge in [0.25, 0.3) is 10.1 Å². The first kappa shape index (κ1) is 15.7. The molecule has 0 heterocycles. The van der Waals surface area contributed by atoms with E-state index >= 15 is 0 Å². The highest BCUT2D eigenvalue weighted by Crippen LogP contribution is 2.19. The quantitative estimate of drug-likeness (QED) is 0.427. The van der Waals surface area contributed by atoms with Crippen LogP contribution in [0.15, 0.2) is 0 Å². The van der Waals surface area contributed by atoms with Crippen LogP contribution in [-0.2, 0) is 10.1 Å². The van der Waals surface area contributed by atoms with Gasteiger partial charge >= 0.3 is 0 Å². The van der Waals surface area contributed by atoms with E-state index in [0.29, 0.717) is 0 Å². The zero-order chi connectivity index (χ0) is 13.1. The van der Waals surface area contributed by atoms with Gasteiger partial charge in [-0.05, 0) is 20.5 Å². The molecule has 5 N–H and O–H groups in total. The van der Waals surface area contributed by atoms with Crippen LogP contribution in [0.2, 0.25) is 0 Å². The number of likely N-dealkylation sites (N-methyl/N-ethyl adjacent to an activating group) is 1. The third kappa shape index (κ3) is 3.59. The summed E-state index contributed by atoms with van der Waals surface area (Å²) in [6.45, 7) is 0. The molecule has 0 saturated heterocycles. The van der Waals surface area contributed by atoms with E-state index in [1.807, 2.05) is 0 Å². The normalized spacial score (nSPS) is 12.8. The van der Waals surface area contributed by atoms with E-state index in [-0.39, 0.29) is 16.4 Å². The molecule has 94 valence electrons. The van der Waals surface area contributed by atoms with Gasteiger partial charge < -0.3 is 11.5 Å². The number of rotatable bonds is 6. The first-order valence-electron chi connectivity index (χ1n) is 4.26. The Morgan fingerprint density at radius 2 is 1.69 bits per heavy atom. The van der Waals surface area contributed by atoms with Crippen LogP contribution >= 0.6 is 24.4 Å². The number of nitrogens with zero attached hydrogens (tertiary/aromatic N) is 1. The molecule has 0 aliphatic rings. The van der Waals surface area contributed by atoms with E-state index in [2.05, 4.69) is 0 Å². The van der Waals surface area contributed by atoms with Crippen molar-refractivity contribution < 1.29 is 13.0 Å². The Morgan fingerprint density at radius 1 is 1.31 bits per heavy atom. The van der Waals surface area contributed by atoms with Gasteiger partial charge in [-0.15, -0.1) is 0 Å². The molecule has 0 unspecified atom stereocenters. The van der Waals surface area contributed by atoms with Crippen molar-refractivity contribution in [2.75, 3.05) is 19.8 Å². The van der Waals surface area contributed by atoms with Gasteiger partial charge in [-0.25, -0.2) is 0 Å². The summed E-state index contributed by atoms with van der Waals surface area (Å²) >= 11 is 9.72. The van der Waals surface area contributed by atoms with Crippen LogP contribution in [0, 0.1) is 0 Å². The van der Waals surface area contributed by atoms with E-state index in [1.165, 1.54) is 0 Å². The van der Waals surface area contributed by atoms with Gasteiger partial charge in [0.1, 0.15) is 15.5 Å². The van der Waals surface area contributed by atoms with Gasteiger partial charge in [-0.2, -0.15) is 8.42 Å². The van der Waals surface area contributed by atoms with Gasteiger partial charge in [-0.1, -0.05) is 24.4 Å². The summed E-state index contributed by atoms with van der Waals surface area (Å²) in [7, 11) is -0.860. The molecule has 0 fully saturated rings. The standard InChI is InChI=1S/C7H15N3O3S3/c1-10(2)7(5(8)14,6(9)15)3-4-16(11,12)13/h3-4H2,1-2H3,(H2,8,14)(H2,9,15)(H,11,12,13). The van der Waals surface area contributed by atoms with Crippen molar-refractivity contribution in [1.29, 1.82) is 0 Å². The molecule has 0 atom stereocenters. The van der Waals surface area contributed by atoms with Crippen LogP contribution in [0.25, 0.3) is 0 Å². The molecule has 6 nitrogen and oxygen atoms in total. The molecule has 0 radical (unpaired) electrons. The highest BCUT2D eigenvalue weighted by Gasteiger charge is 2.40. The second-order valence-electron chi connectivity index (χ2n) is 3.52. The summed E-state index contributed by atoms with van der Waals surface area (Å²) in [6.07, 6.45) is -0.0799. The van der Waals surface area contributed by atoms with Gasteiger partial charge in [-0.3, -0.25) is 9.45 Å². The molecule has 0 aromatic heterocycles. The average Bonchev–Trinajstić information content (AvgIpc) is 2.00. The van der Waals surface area contributed by atoms with Crippen molar-refractivity contribution >= 4 is 44.5 Å². The molecule has 0 rings (SSSR count). The summed E-state index contributed by atoms with van der Waals surface area (Å²) in [6, 6.07) is 0. The van der Waals surface area contributed by atoms with E-state index in [4.69, 9.17) is 40.5 Å². The summed E-state index contributed by atoms with van der Waals surface area (Å²) < 4.78 is 30.1.